The van der Waals surface area contributed by atoms with Crippen molar-refractivity contribution in [3.05, 3.63) is 35.4 Å². The molecule has 0 N–H and O–H groups in total. The Morgan fingerprint density at radius 1 is 1.35 bits per heavy atom. The number of halogens is 3. The number of hydrogen-bond acceptors (Lipinski definition) is 2. The van der Waals surface area contributed by atoms with Crippen LogP contribution in [0.25, 0.3) is 0 Å². The van der Waals surface area contributed by atoms with E-state index < -0.39 is 11.7 Å². The van der Waals surface area contributed by atoms with Crippen LogP contribution in [0.5, 0.6) is 0 Å². The molecule has 1 heterocycles. The van der Waals surface area contributed by atoms with Crippen molar-refractivity contribution in [2.45, 2.75) is 37.5 Å². The van der Waals surface area contributed by atoms with Crippen LogP contribution in [0.1, 0.15) is 36.3 Å². The van der Waals surface area contributed by atoms with Gasteiger partial charge in [0.05, 0.1) is 11.7 Å². The number of piperidine rings is 1. The summed E-state index contributed by atoms with van der Waals surface area (Å²) in [7, 11) is 1.64. The molecule has 1 saturated heterocycles. The summed E-state index contributed by atoms with van der Waals surface area (Å²) < 4.78 is 43.7. The Kier molecular flexibility index (Phi) is 4.36. The summed E-state index contributed by atoms with van der Waals surface area (Å²) >= 11 is 0. The second-order valence-electron chi connectivity index (χ2n) is 6.36. The molecule has 6 heteroatoms. The lowest BCUT2D eigenvalue weighted by Gasteiger charge is -2.32. The zero-order valence-corrected chi connectivity index (χ0v) is 13.0. The zero-order valence-electron chi connectivity index (χ0n) is 13.0. The first-order chi connectivity index (χ1) is 10.9. The highest BCUT2D eigenvalue weighted by atomic mass is 19.4. The molecule has 0 aromatic heterocycles. The molecule has 0 radical (unpaired) electrons. The molecular weight excluding hydrogens is 307 g/mol. The second-order valence-corrected chi connectivity index (χ2v) is 6.36. The van der Waals surface area contributed by atoms with Gasteiger partial charge in [-0.2, -0.15) is 13.2 Å². The van der Waals surface area contributed by atoms with E-state index in [1.807, 2.05) is 0 Å². The van der Waals surface area contributed by atoms with E-state index in [4.69, 9.17) is 4.74 Å². The minimum Gasteiger partial charge on any atom is -0.380 e. The summed E-state index contributed by atoms with van der Waals surface area (Å²) in [6, 6.07) is 5.34. The van der Waals surface area contributed by atoms with E-state index >= 15 is 0 Å². The summed E-state index contributed by atoms with van der Waals surface area (Å²) in [6.45, 7) is 1.30. The fraction of sp³-hybridized carbons (Fsp3) is 0.588. The van der Waals surface area contributed by atoms with Crippen molar-refractivity contribution in [1.29, 1.82) is 0 Å². The number of hydrogen-bond donors (Lipinski definition) is 0. The molecule has 1 aliphatic carbocycles. The standard InChI is InChI=1S/C17H20F3NO2/c1-23-13-6-3-7-21(10-13)16(22)15-9-14(15)11-4-2-5-12(8-11)17(18,19)20/h2,4-5,8,13-15H,3,6-7,9-10H2,1H3/t13-,14-,15-/m1/s1. The smallest absolute Gasteiger partial charge is 0.380 e. The summed E-state index contributed by atoms with van der Waals surface area (Å²) in [5.74, 6) is -0.226. The average Bonchev–Trinajstić information content (AvgIpc) is 3.34. The molecule has 0 bridgehead atoms. The molecule has 1 aromatic carbocycles. The van der Waals surface area contributed by atoms with Crippen molar-refractivity contribution >= 4 is 5.91 Å². The zero-order chi connectivity index (χ0) is 16.6. The average molecular weight is 327 g/mol. The van der Waals surface area contributed by atoms with Crippen LogP contribution in [-0.4, -0.2) is 37.1 Å². The number of amides is 1. The predicted molar refractivity (Wildman–Crippen MR) is 78.9 cm³/mol. The van der Waals surface area contributed by atoms with E-state index in [0.717, 1.165) is 18.9 Å². The van der Waals surface area contributed by atoms with Crippen molar-refractivity contribution in [2.75, 3.05) is 20.2 Å². The third-order valence-corrected chi connectivity index (χ3v) is 4.77. The van der Waals surface area contributed by atoms with Crippen LogP contribution >= 0.6 is 0 Å². The van der Waals surface area contributed by atoms with Gasteiger partial charge < -0.3 is 9.64 Å². The number of carbonyl (C=O) groups is 1. The summed E-state index contributed by atoms with van der Waals surface area (Å²) in [4.78, 5) is 14.3. The molecule has 1 aromatic rings. The number of benzene rings is 1. The fourth-order valence-electron chi connectivity index (χ4n) is 3.35. The fourth-order valence-corrected chi connectivity index (χ4v) is 3.35. The molecule has 2 aliphatic rings. The topological polar surface area (TPSA) is 29.5 Å². The molecule has 1 saturated carbocycles. The Morgan fingerprint density at radius 2 is 2.13 bits per heavy atom. The molecule has 23 heavy (non-hydrogen) atoms. The molecule has 0 spiro atoms. The molecular formula is C17H20F3NO2. The highest BCUT2D eigenvalue weighted by molar-refractivity contribution is 5.83. The number of methoxy groups -OCH3 is 1. The third-order valence-electron chi connectivity index (χ3n) is 4.77. The molecule has 1 amide bonds. The van der Waals surface area contributed by atoms with E-state index in [9.17, 15) is 18.0 Å². The largest absolute Gasteiger partial charge is 0.416 e. The monoisotopic (exact) mass is 327 g/mol. The van der Waals surface area contributed by atoms with Gasteiger partial charge >= 0.3 is 6.18 Å². The summed E-state index contributed by atoms with van der Waals surface area (Å²) in [6.07, 6.45) is -1.79. The van der Waals surface area contributed by atoms with Gasteiger partial charge in [0.1, 0.15) is 0 Å². The van der Waals surface area contributed by atoms with E-state index in [1.54, 1.807) is 18.1 Å². The van der Waals surface area contributed by atoms with Crippen LogP contribution in [-0.2, 0) is 15.7 Å². The van der Waals surface area contributed by atoms with E-state index in [1.165, 1.54) is 12.1 Å². The SMILES string of the molecule is CO[C@@H]1CCCN(C(=O)[C@@H]2C[C@@H]2c2cccc(C(F)(F)F)c2)C1. The van der Waals surface area contributed by atoms with Gasteiger partial charge in [0.15, 0.2) is 0 Å². The first-order valence-electron chi connectivity index (χ1n) is 7.89. The highest BCUT2D eigenvalue weighted by Gasteiger charge is 2.46. The van der Waals surface area contributed by atoms with Gasteiger partial charge in [0, 0.05) is 26.1 Å². The Bertz CT molecular complexity index is 587. The molecule has 3 atom stereocenters. The van der Waals surface area contributed by atoms with E-state index in [2.05, 4.69) is 0 Å². The van der Waals surface area contributed by atoms with Gasteiger partial charge in [-0.3, -0.25) is 4.79 Å². The van der Waals surface area contributed by atoms with Crippen molar-refractivity contribution in [1.82, 2.24) is 4.90 Å². The highest BCUT2D eigenvalue weighted by Crippen LogP contribution is 2.49. The lowest BCUT2D eigenvalue weighted by atomic mass is 10.0. The first-order valence-corrected chi connectivity index (χ1v) is 7.89. The minimum absolute atomic E-state index is 0.0501. The van der Waals surface area contributed by atoms with Crippen molar-refractivity contribution in [3.8, 4) is 0 Å². The number of carbonyl (C=O) groups excluding carboxylic acids is 1. The van der Waals surface area contributed by atoms with Crippen molar-refractivity contribution in [3.63, 3.8) is 0 Å². The molecule has 3 nitrogen and oxygen atoms in total. The minimum atomic E-state index is -4.34. The van der Waals surface area contributed by atoms with Gasteiger partial charge in [-0.05, 0) is 36.8 Å². The van der Waals surface area contributed by atoms with Crippen LogP contribution in [0.3, 0.4) is 0 Å². The molecule has 2 fully saturated rings. The van der Waals surface area contributed by atoms with Gasteiger partial charge in [0.25, 0.3) is 0 Å². The maximum Gasteiger partial charge on any atom is 0.416 e. The molecule has 1 aliphatic heterocycles. The van der Waals surface area contributed by atoms with Crippen LogP contribution in [0.4, 0.5) is 13.2 Å². The van der Waals surface area contributed by atoms with Crippen molar-refractivity contribution < 1.29 is 22.7 Å². The Balaban J connectivity index is 1.66. The molecule has 0 unspecified atom stereocenters. The second kappa shape index (κ2) is 6.15. The first kappa shape index (κ1) is 16.3. The van der Waals surface area contributed by atoms with Gasteiger partial charge in [-0.1, -0.05) is 18.2 Å². The number of alkyl halides is 3. The Hall–Kier alpha value is -1.56. The van der Waals surface area contributed by atoms with Crippen LogP contribution in [0.15, 0.2) is 24.3 Å². The van der Waals surface area contributed by atoms with Crippen molar-refractivity contribution in [2.24, 2.45) is 5.92 Å². The predicted octanol–water partition coefficient (Wildman–Crippen LogP) is 3.45. The van der Waals surface area contributed by atoms with Gasteiger partial charge in [-0.25, -0.2) is 0 Å². The summed E-state index contributed by atoms with van der Waals surface area (Å²) in [5, 5.41) is 0. The number of ether oxygens (including phenoxy) is 1. The normalized spacial score (nSPS) is 27.8. The van der Waals surface area contributed by atoms with E-state index in [0.29, 0.717) is 25.1 Å². The maximum absolute atomic E-state index is 12.8. The van der Waals surface area contributed by atoms with Gasteiger partial charge in [0.2, 0.25) is 5.91 Å². The Labute approximate surface area is 133 Å². The lowest BCUT2D eigenvalue weighted by Crippen LogP contribution is -2.43. The lowest BCUT2D eigenvalue weighted by molar-refractivity contribution is -0.137. The maximum atomic E-state index is 12.8. The van der Waals surface area contributed by atoms with E-state index in [-0.39, 0.29) is 23.8 Å². The number of nitrogens with zero attached hydrogens (tertiary/aromatic N) is 1. The third kappa shape index (κ3) is 3.52. The summed E-state index contributed by atoms with van der Waals surface area (Å²) in [5.41, 5.74) is -0.0380. The van der Waals surface area contributed by atoms with Gasteiger partial charge in [-0.15, -0.1) is 0 Å². The van der Waals surface area contributed by atoms with Crippen LogP contribution in [0.2, 0.25) is 0 Å². The quantitative estimate of drug-likeness (QED) is 0.851. The van der Waals surface area contributed by atoms with Crippen LogP contribution < -0.4 is 0 Å². The molecule has 3 rings (SSSR count). The van der Waals surface area contributed by atoms with Crippen LogP contribution in [0, 0.1) is 5.92 Å². The number of likely N-dealkylation sites (tertiary alicyclic amines) is 1. The molecule has 126 valence electrons. The Morgan fingerprint density at radius 3 is 2.83 bits per heavy atom. The number of rotatable bonds is 3.